The molecular formula is C21H22ClN5O2S. The number of nitrogens with two attached hydrogens (primary N) is 1. The number of hydrogen-bond donors (Lipinski definition) is 4. The summed E-state index contributed by atoms with van der Waals surface area (Å²) in [5, 5.41) is 15.0. The van der Waals surface area contributed by atoms with E-state index in [0.717, 1.165) is 16.8 Å². The average Bonchev–Trinajstić information content (AvgIpc) is 3.23. The first-order chi connectivity index (χ1) is 13.9. The summed E-state index contributed by atoms with van der Waals surface area (Å²) >= 11 is 1.24. The number of amides is 2. The van der Waals surface area contributed by atoms with Crippen molar-refractivity contribution in [1.29, 1.82) is 5.41 Å². The summed E-state index contributed by atoms with van der Waals surface area (Å²) in [7, 11) is 0. The zero-order valence-electron chi connectivity index (χ0n) is 16.2. The van der Waals surface area contributed by atoms with Crippen molar-refractivity contribution in [1.82, 2.24) is 15.6 Å². The molecule has 7 nitrogen and oxygen atoms in total. The second kappa shape index (κ2) is 10.5. The summed E-state index contributed by atoms with van der Waals surface area (Å²) in [5.41, 5.74) is 8.58. The highest BCUT2D eigenvalue weighted by molar-refractivity contribution is 7.12. The summed E-state index contributed by atoms with van der Waals surface area (Å²) in [6, 6.07) is 15.9. The number of benzene rings is 2. The Balaban J connectivity index is 0.00000320. The average molecular weight is 444 g/mol. The Bertz CT molecular complexity index is 1020. The molecule has 0 aliphatic rings. The van der Waals surface area contributed by atoms with Crippen LogP contribution in [-0.2, 0) is 11.3 Å². The summed E-state index contributed by atoms with van der Waals surface area (Å²) in [6.07, 6.45) is 0. The molecule has 30 heavy (non-hydrogen) atoms. The minimum Gasteiger partial charge on any atom is -0.384 e. The van der Waals surface area contributed by atoms with E-state index in [1.807, 2.05) is 35.7 Å². The van der Waals surface area contributed by atoms with Gasteiger partial charge < -0.3 is 16.4 Å². The predicted octanol–water partition coefficient (Wildman–Crippen LogP) is 2.95. The van der Waals surface area contributed by atoms with E-state index in [2.05, 4.69) is 15.6 Å². The van der Waals surface area contributed by atoms with Gasteiger partial charge >= 0.3 is 0 Å². The van der Waals surface area contributed by atoms with Crippen LogP contribution in [0.3, 0.4) is 0 Å². The fraction of sp³-hybridized carbons (Fsp3) is 0.143. The maximum absolute atomic E-state index is 12.4. The minimum absolute atomic E-state index is 0. The molecule has 0 aliphatic carbocycles. The van der Waals surface area contributed by atoms with Gasteiger partial charge in [-0.2, -0.15) is 0 Å². The van der Waals surface area contributed by atoms with E-state index in [1.165, 1.54) is 11.3 Å². The molecule has 1 aromatic heterocycles. The molecule has 0 aliphatic heterocycles. The third-order valence-electron chi connectivity index (χ3n) is 4.24. The summed E-state index contributed by atoms with van der Waals surface area (Å²) in [6.45, 7) is 1.93. The second-order valence-corrected chi connectivity index (χ2v) is 7.29. The molecular weight excluding hydrogens is 422 g/mol. The molecule has 3 rings (SSSR count). The quantitative estimate of drug-likeness (QED) is 0.331. The molecule has 2 aromatic carbocycles. The van der Waals surface area contributed by atoms with Crippen molar-refractivity contribution >= 4 is 41.4 Å². The number of carbonyl (C=O) groups is 2. The van der Waals surface area contributed by atoms with E-state index < -0.39 is 6.04 Å². The normalized spacial score (nSPS) is 11.1. The van der Waals surface area contributed by atoms with Crippen molar-refractivity contribution in [2.24, 2.45) is 5.73 Å². The second-order valence-electron chi connectivity index (χ2n) is 6.43. The van der Waals surface area contributed by atoms with Crippen LogP contribution in [0.4, 0.5) is 0 Å². The van der Waals surface area contributed by atoms with Crippen molar-refractivity contribution in [3.05, 3.63) is 76.1 Å². The van der Waals surface area contributed by atoms with Gasteiger partial charge in [-0.05, 0) is 12.5 Å². The molecule has 1 heterocycles. The number of rotatable bonds is 7. The standard InChI is InChI=1S/C21H21N5O2S.ClH/c1-13(19(27)24-11-14-7-9-16(10-8-14)18(22)23)25-20(28)21-26-17(12-29-21)15-5-3-2-4-6-15;/h2-10,12-13H,11H2,1H3,(H3,22,23)(H,24,27)(H,25,28);1H/t13-;/m0./s1. The van der Waals surface area contributed by atoms with Crippen LogP contribution < -0.4 is 16.4 Å². The van der Waals surface area contributed by atoms with Crippen LogP contribution in [0.1, 0.15) is 27.9 Å². The number of nitrogen functional groups attached to an aromatic ring is 1. The van der Waals surface area contributed by atoms with E-state index >= 15 is 0 Å². The van der Waals surface area contributed by atoms with Gasteiger partial charge in [0.1, 0.15) is 11.9 Å². The molecule has 0 radical (unpaired) electrons. The lowest BCUT2D eigenvalue weighted by atomic mass is 10.1. The molecule has 0 bridgehead atoms. The van der Waals surface area contributed by atoms with E-state index in [0.29, 0.717) is 17.1 Å². The monoisotopic (exact) mass is 443 g/mol. The minimum atomic E-state index is -0.705. The lowest BCUT2D eigenvalue weighted by Gasteiger charge is -2.13. The predicted molar refractivity (Wildman–Crippen MR) is 121 cm³/mol. The Kier molecular flexibility index (Phi) is 8.08. The van der Waals surface area contributed by atoms with Crippen molar-refractivity contribution in [3.8, 4) is 11.3 Å². The van der Waals surface area contributed by atoms with Crippen molar-refractivity contribution < 1.29 is 9.59 Å². The van der Waals surface area contributed by atoms with Gasteiger partial charge in [-0.25, -0.2) is 4.98 Å². The van der Waals surface area contributed by atoms with Gasteiger partial charge in [0.05, 0.1) is 5.69 Å². The fourth-order valence-corrected chi connectivity index (χ4v) is 3.32. The Labute approximate surface area is 184 Å². The van der Waals surface area contributed by atoms with Crippen LogP contribution in [0.2, 0.25) is 0 Å². The van der Waals surface area contributed by atoms with Crippen LogP contribution in [0.25, 0.3) is 11.3 Å². The number of nitrogens with one attached hydrogen (secondary N) is 3. The zero-order valence-corrected chi connectivity index (χ0v) is 17.8. The van der Waals surface area contributed by atoms with Crippen molar-refractivity contribution in [2.45, 2.75) is 19.5 Å². The molecule has 0 fully saturated rings. The van der Waals surface area contributed by atoms with Gasteiger partial charge in [-0.15, -0.1) is 23.7 Å². The van der Waals surface area contributed by atoms with E-state index in [1.54, 1.807) is 31.2 Å². The van der Waals surface area contributed by atoms with Crippen LogP contribution in [0, 0.1) is 5.41 Å². The van der Waals surface area contributed by atoms with Crippen molar-refractivity contribution in [2.75, 3.05) is 0 Å². The van der Waals surface area contributed by atoms with Crippen molar-refractivity contribution in [3.63, 3.8) is 0 Å². The maximum Gasteiger partial charge on any atom is 0.280 e. The molecule has 0 unspecified atom stereocenters. The first kappa shape index (κ1) is 23.1. The van der Waals surface area contributed by atoms with Gasteiger partial charge in [0.2, 0.25) is 5.91 Å². The third-order valence-corrected chi connectivity index (χ3v) is 5.08. The molecule has 156 valence electrons. The first-order valence-corrected chi connectivity index (χ1v) is 9.85. The van der Waals surface area contributed by atoms with Crippen LogP contribution >= 0.6 is 23.7 Å². The molecule has 5 N–H and O–H groups in total. The number of amidine groups is 1. The highest BCUT2D eigenvalue weighted by Crippen LogP contribution is 2.21. The molecule has 2 amide bonds. The number of thiazole rings is 1. The first-order valence-electron chi connectivity index (χ1n) is 8.97. The fourth-order valence-electron chi connectivity index (χ4n) is 2.59. The van der Waals surface area contributed by atoms with Gasteiger partial charge in [-0.1, -0.05) is 54.6 Å². The lowest BCUT2D eigenvalue weighted by molar-refractivity contribution is -0.122. The molecule has 9 heteroatoms. The Hall–Kier alpha value is -3.23. The number of halogens is 1. The summed E-state index contributed by atoms with van der Waals surface area (Å²) < 4.78 is 0. The van der Waals surface area contributed by atoms with Crippen LogP contribution in [0.15, 0.2) is 60.0 Å². The zero-order chi connectivity index (χ0) is 20.8. The van der Waals surface area contributed by atoms with E-state index in [4.69, 9.17) is 11.1 Å². The van der Waals surface area contributed by atoms with Gasteiger partial charge in [0, 0.05) is 23.1 Å². The Morgan fingerprint density at radius 2 is 1.80 bits per heavy atom. The van der Waals surface area contributed by atoms with Gasteiger partial charge in [0.15, 0.2) is 5.01 Å². The molecule has 1 atom stereocenters. The SMILES string of the molecule is C[C@H](NC(=O)c1nc(-c2ccccc2)cs1)C(=O)NCc1ccc(C(=N)N)cc1.Cl. The topological polar surface area (TPSA) is 121 Å². The molecule has 0 saturated heterocycles. The number of nitrogens with zero attached hydrogens (tertiary/aromatic N) is 1. The highest BCUT2D eigenvalue weighted by atomic mass is 35.5. The third kappa shape index (κ3) is 5.88. The summed E-state index contributed by atoms with van der Waals surface area (Å²) in [5.74, 6) is -0.686. The smallest absolute Gasteiger partial charge is 0.280 e. The Morgan fingerprint density at radius 3 is 2.43 bits per heavy atom. The number of hydrogen-bond acceptors (Lipinski definition) is 5. The van der Waals surface area contributed by atoms with E-state index in [-0.39, 0.29) is 30.1 Å². The number of carbonyl (C=O) groups excluding carboxylic acids is 2. The highest BCUT2D eigenvalue weighted by Gasteiger charge is 2.19. The van der Waals surface area contributed by atoms with Crippen LogP contribution in [0.5, 0.6) is 0 Å². The molecule has 0 saturated carbocycles. The summed E-state index contributed by atoms with van der Waals surface area (Å²) in [4.78, 5) is 29.0. The van der Waals surface area contributed by atoms with Crippen LogP contribution in [-0.4, -0.2) is 28.7 Å². The maximum atomic E-state index is 12.4. The Morgan fingerprint density at radius 1 is 1.13 bits per heavy atom. The van der Waals surface area contributed by atoms with E-state index in [9.17, 15) is 9.59 Å². The lowest BCUT2D eigenvalue weighted by Crippen LogP contribution is -2.44. The molecule has 0 spiro atoms. The van der Waals surface area contributed by atoms with Gasteiger partial charge in [-0.3, -0.25) is 15.0 Å². The van der Waals surface area contributed by atoms with Gasteiger partial charge in [0.25, 0.3) is 5.91 Å². The number of aromatic nitrogens is 1. The largest absolute Gasteiger partial charge is 0.384 e. The molecule has 3 aromatic rings.